The Morgan fingerprint density at radius 1 is 0.920 bits per heavy atom. The van der Waals surface area contributed by atoms with Gasteiger partial charge in [0.1, 0.15) is 5.75 Å². The van der Waals surface area contributed by atoms with E-state index >= 15 is 0 Å². The van der Waals surface area contributed by atoms with Gasteiger partial charge in [-0.05, 0) is 42.7 Å². The normalized spacial score (nSPS) is 10.2. The Morgan fingerprint density at radius 2 is 1.56 bits per heavy atom. The smallest absolute Gasteiger partial charge is 0.343 e. The zero-order valence-electron chi connectivity index (χ0n) is 14.8. The standard InChI is InChI=1S/C22H25NO2/c1-3-4-5-6-7-8-9-18-10-12-19(13-11-18)22(24)25-21-16-14-20(23-2)15-17-21/h10-17H,3-9H2,1H3. The van der Waals surface area contributed by atoms with Gasteiger partial charge in [-0.15, -0.1) is 0 Å². The molecule has 0 N–H and O–H groups in total. The summed E-state index contributed by atoms with van der Waals surface area (Å²) < 4.78 is 5.33. The van der Waals surface area contributed by atoms with Crippen molar-refractivity contribution in [3.05, 3.63) is 71.1 Å². The Bertz CT molecular complexity index is 696. The Balaban J connectivity index is 1.80. The summed E-state index contributed by atoms with van der Waals surface area (Å²) in [6, 6.07) is 14.2. The van der Waals surface area contributed by atoms with Crippen molar-refractivity contribution in [2.45, 2.75) is 51.9 Å². The third kappa shape index (κ3) is 6.43. The summed E-state index contributed by atoms with van der Waals surface area (Å²) in [5, 5.41) is 0. The molecular weight excluding hydrogens is 310 g/mol. The second-order valence-corrected chi connectivity index (χ2v) is 6.21. The Labute approximate surface area is 150 Å². The first-order chi connectivity index (χ1) is 12.2. The van der Waals surface area contributed by atoms with Gasteiger partial charge in [0.25, 0.3) is 0 Å². The van der Waals surface area contributed by atoms with E-state index in [2.05, 4.69) is 11.8 Å². The number of unbranched alkanes of at least 4 members (excludes halogenated alkanes) is 5. The SMILES string of the molecule is [C-]#[N+]c1ccc(OC(=O)c2ccc(CCCCCCCC)cc2)cc1. The van der Waals surface area contributed by atoms with E-state index in [0.717, 1.165) is 6.42 Å². The van der Waals surface area contributed by atoms with Gasteiger partial charge in [-0.1, -0.05) is 63.3 Å². The predicted molar refractivity (Wildman–Crippen MR) is 101 cm³/mol. The predicted octanol–water partition coefficient (Wildman–Crippen LogP) is 6.36. The molecular formula is C22H25NO2. The Kier molecular flexibility index (Phi) is 7.72. The average Bonchev–Trinajstić information content (AvgIpc) is 2.65. The number of carbonyl (C=O) groups is 1. The van der Waals surface area contributed by atoms with Crippen LogP contribution in [0.15, 0.2) is 48.5 Å². The lowest BCUT2D eigenvalue weighted by Crippen LogP contribution is -2.08. The number of esters is 1. The fraction of sp³-hybridized carbons (Fsp3) is 0.364. The van der Waals surface area contributed by atoms with Crippen molar-refractivity contribution >= 4 is 11.7 Å². The molecule has 0 amide bonds. The van der Waals surface area contributed by atoms with E-state index < -0.39 is 0 Å². The van der Waals surface area contributed by atoms with Crippen molar-refractivity contribution in [3.8, 4) is 5.75 Å². The molecule has 0 aliphatic carbocycles. The van der Waals surface area contributed by atoms with Gasteiger partial charge in [-0.3, -0.25) is 0 Å². The summed E-state index contributed by atoms with van der Waals surface area (Å²) in [6.07, 6.45) is 8.77. The van der Waals surface area contributed by atoms with Crippen LogP contribution in [0.25, 0.3) is 4.85 Å². The summed E-state index contributed by atoms with van der Waals surface area (Å²) in [6.45, 7) is 9.15. The molecule has 3 nitrogen and oxygen atoms in total. The first-order valence-electron chi connectivity index (χ1n) is 9.01. The van der Waals surface area contributed by atoms with Crippen LogP contribution in [0.5, 0.6) is 5.75 Å². The van der Waals surface area contributed by atoms with Crippen molar-refractivity contribution in [3.63, 3.8) is 0 Å². The van der Waals surface area contributed by atoms with Crippen LogP contribution < -0.4 is 4.74 Å². The molecule has 0 saturated carbocycles. The van der Waals surface area contributed by atoms with E-state index in [9.17, 15) is 4.79 Å². The maximum absolute atomic E-state index is 12.2. The number of ether oxygens (including phenoxy) is 1. The zero-order chi connectivity index (χ0) is 17.9. The highest BCUT2D eigenvalue weighted by Crippen LogP contribution is 2.19. The van der Waals surface area contributed by atoms with Gasteiger partial charge >= 0.3 is 5.97 Å². The molecule has 0 heterocycles. The number of hydrogen-bond donors (Lipinski definition) is 0. The molecule has 25 heavy (non-hydrogen) atoms. The van der Waals surface area contributed by atoms with Crippen molar-refractivity contribution in [1.82, 2.24) is 0 Å². The highest BCUT2D eigenvalue weighted by atomic mass is 16.5. The van der Waals surface area contributed by atoms with Gasteiger partial charge < -0.3 is 4.74 Å². The van der Waals surface area contributed by atoms with E-state index in [-0.39, 0.29) is 5.97 Å². The fourth-order valence-electron chi connectivity index (χ4n) is 2.67. The minimum Gasteiger partial charge on any atom is -0.423 e. The molecule has 0 saturated heterocycles. The van der Waals surface area contributed by atoms with E-state index in [1.165, 1.54) is 44.1 Å². The third-order valence-corrected chi connectivity index (χ3v) is 4.19. The van der Waals surface area contributed by atoms with E-state index in [1.807, 2.05) is 24.3 Å². The first-order valence-corrected chi connectivity index (χ1v) is 9.01. The highest BCUT2D eigenvalue weighted by molar-refractivity contribution is 5.91. The van der Waals surface area contributed by atoms with E-state index in [0.29, 0.717) is 17.0 Å². The molecule has 2 rings (SSSR count). The third-order valence-electron chi connectivity index (χ3n) is 4.19. The van der Waals surface area contributed by atoms with E-state index in [1.54, 1.807) is 24.3 Å². The topological polar surface area (TPSA) is 30.7 Å². The number of nitrogens with zero attached hydrogens (tertiary/aromatic N) is 1. The van der Waals surface area contributed by atoms with Crippen LogP contribution in [0.3, 0.4) is 0 Å². The molecule has 2 aromatic carbocycles. The molecule has 0 aliphatic heterocycles. The molecule has 3 heteroatoms. The molecule has 0 aromatic heterocycles. The number of rotatable bonds is 9. The lowest BCUT2D eigenvalue weighted by atomic mass is 10.0. The van der Waals surface area contributed by atoms with Crippen molar-refractivity contribution in [1.29, 1.82) is 0 Å². The van der Waals surface area contributed by atoms with Gasteiger partial charge in [0.2, 0.25) is 0 Å². The molecule has 0 bridgehead atoms. The van der Waals surface area contributed by atoms with Crippen molar-refractivity contribution in [2.75, 3.05) is 0 Å². The van der Waals surface area contributed by atoms with Crippen molar-refractivity contribution in [2.24, 2.45) is 0 Å². The van der Waals surface area contributed by atoms with Crippen LogP contribution >= 0.6 is 0 Å². The zero-order valence-corrected chi connectivity index (χ0v) is 14.8. The molecule has 0 fully saturated rings. The summed E-state index contributed by atoms with van der Waals surface area (Å²) in [5.74, 6) is 0.0789. The van der Waals surface area contributed by atoms with Gasteiger partial charge in [-0.2, -0.15) is 0 Å². The van der Waals surface area contributed by atoms with Crippen LogP contribution in [-0.4, -0.2) is 5.97 Å². The Morgan fingerprint density at radius 3 is 2.20 bits per heavy atom. The van der Waals surface area contributed by atoms with Crippen molar-refractivity contribution < 1.29 is 9.53 Å². The highest BCUT2D eigenvalue weighted by Gasteiger charge is 2.08. The average molecular weight is 335 g/mol. The second-order valence-electron chi connectivity index (χ2n) is 6.21. The molecule has 130 valence electrons. The number of benzene rings is 2. The van der Waals surface area contributed by atoms with Crippen LogP contribution in [0.2, 0.25) is 0 Å². The summed E-state index contributed by atoms with van der Waals surface area (Å²) >= 11 is 0. The molecule has 0 spiro atoms. The largest absolute Gasteiger partial charge is 0.423 e. The summed E-state index contributed by atoms with van der Waals surface area (Å²) in [7, 11) is 0. The minimum absolute atomic E-state index is 0.373. The number of aryl methyl sites for hydroxylation is 1. The maximum Gasteiger partial charge on any atom is 0.343 e. The fourth-order valence-corrected chi connectivity index (χ4v) is 2.67. The molecule has 0 atom stereocenters. The van der Waals surface area contributed by atoms with Gasteiger partial charge in [0, 0.05) is 0 Å². The van der Waals surface area contributed by atoms with Gasteiger partial charge in [0.15, 0.2) is 5.69 Å². The lowest BCUT2D eigenvalue weighted by Gasteiger charge is -2.06. The summed E-state index contributed by atoms with van der Waals surface area (Å²) in [5.41, 5.74) is 2.33. The summed E-state index contributed by atoms with van der Waals surface area (Å²) in [4.78, 5) is 15.5. The van der Waals surface area contributed by atoms with Crippen LogP contribution in [0, 0.1) is 6.57 Å². The number of hydrogen-bond acceptors (Lipinski definition) is 2. The maximum atomic E-state index is 12.2. The second kappa shape index (κ2) is 10.3. The number of carbonyl (C=O) groups excluding carboxylic acids is 1. The lowest BCUT2D eigenvalue weighted by molar-refractivity contribution is 0.0735. The molecule has 0 radical (unpaired) electrons. The monoisotopic (exact) mass is 335 g/mol. The quantitative estimate of drug-likeness (QED) is 0.231. The van der Waals surface area contributed by atoms with E-state index in [4.69, 9.17) is 11.3 Å². The first kappa shape index (κ1) is 18.7. The van der Waals surface area contributed by atoms with Gasteiger partial charge in [-0.25, -0.2) is 9.64 Å². The van der Waals surface area contributed by atoms with Crippen LogP contribution in [-0.2, 0) is 6.42 Å². The molecule has 2 aromatic rings. The molecule has 0 aliphatic rings. The van der Waals surface area contributed by atoms with Gasteiger partial charge in [0.05, 0.1) is 12.1 Å². The Hall–Kier alpha value is -2.60. The molecule has 0 unspecified atom stereocenters. The van der Waals surface area contributed by atoms with Crippen LogP contribution in [0.4, 0.5) is 5.69 Å². The minimum atomic E-state index is -0.373. The van der Waals surface area contributed by atoms with Crippen LogP contribution in [0.1, 0.15) is 61.4 Å².